The zero-order valence-electron chi connectivity index (χ0n) is 10.9. The molecule has 0 bridgehead atoms. The summed E-state index contributed by atoms with van der Waals surface area (Å²) >= 11 is 1.57. The summed E-state index contributed by atoms with van der Waals surface area (Å²) < 4.78 is 5.15. The van der Waals surface area contributed by atoms with E-state index >= 15 is 0 Å². The first-order chi connectivity index (χ1) is 7.90. The van der Waals surface area contributed by atoms with E-state index in [9.17, 15) is 4.79 Å². The topological polar surface area (TPSA) is 51.2 Å². The number of aromatic nitrogens is 1. The highest BCUT2D eigenvalue weighted by molar-refractivity contribution is 7.10. The van der Waals surface area contributed by atoms with Gasteiger partial charge in [0.05, 0.1) is 5.01 Å². The number of carbonyl (C=O) groups is 1. The fraction of sp³-hybridized carbons (Fsp3) is 0.667. The SMILES string of the molecule is CCCCc1nc(NC(=O)OC(C)(C)C)cs1. The molecule has 0 spiro atoms. The van der Waals surface area contributed by atoms with Gasteiger partial charge in [-0.15, -0.1) is 11.3 Å². The van der Waals surface area contributed by atoms with Crippen molar-refractivity contribution < 1.29 is 9.53 Å². The molecule has 4 nitrogen and oxygen atoms in total. The van der Waals surface area contributed by atoms with Gasteiger partial charge in [0, 0.05) is 5.38 Å². The number of rotatable bonds is 4. The Morgan fingerprint density at radius 2 is 2.24 bits per heavy atom. The molecular formula is C12H20N2O2S. The molecule has 0 fully saturated rings. The first-order valence-corrected chi connectivity index (χ1v) is 6.73. The second-order valence-electron chi connectivity index (χ2n) is 4.86. The van der Waals surface area contributed by atoms with Gasteiger partial charge in [0.25, 0.3) is 0 Å². The van der Waals surface area contributed by atoms with E-state index in [1.54, 1.807) is 11.3 Å². The van der Waals surface area contributed by atoms with Gasteiger partial charge in [-0.3, -0.25) is 5.32 Å². The van der Waals surface area contributed by atoms with Gasteiger partial charge >= 0.3 is 6.09 Å². The lowest BCUT2D eigenvalue weighted by Crippen LogP contribution is -2.27. The number of hydrogen-bond donors (Lipinski definition) is 1. The van der Waals surface area contributed by atoms with E-state index < -0.39 is 11.7 Å². The van der Waals surface area contributed by atoms with Crippen LogP contribution in [0.3, 0.4) is 0 Å². The van der Waals surface area contributed by atoms with Crippen molar-refractivity contribution in [1.29, 1.82) is 0 Å². The second kappa shape index (κ2) is 6.00. The van der Waals surface area contributed by atoms with Crippen molar-refractivity contribution in [1.82, 2.24) is 4.98 Å². The molecule has 1 heterocycles. The number of aryl methyl sites for hydroxylation is 1. The molecule has 0 aliphatic carbocycles. The van der Waals surface area contributed by atoms with Crippen molar-refractivity contribution in [3.05, 3.63) is 10.4 Å². The number of nitrogens with zero attached hydrogens (tertiary/aromatic N) is 1. The van der Waals surface area contributed by atoms with Gasteiger partial charge in [-0.25, -0.2) is 9.78 Å². The summed E-state index contributed by atoms with van der Waals surface area (Å²) in [7, 11) is 0. The van der Waals surface area contributed by atoms with Gasteiger partial charge < -0.3 is 4.74 Å². The van der Waals surface area contributed by atoms with E-state index in [4.69, 9.17) is 4.74 Å². The lowest BCUT2D eigenvalue weighted by atomic mass is 10.2. The normalized spacial score (nSPS) is 11.3. The number of ether oxygens (including phenoxy) is 1. The molecule has 0 saturated carbocycles. The number of amides is 1. The van der Waals surface area contributed by atoms with Crippen LogP contribution in [0.4, 0.5) is 10.6 Å². The summed E-state index contributed by atoms with van der Waals surface area (Å²) in [5, 5.41) is 5.53. The van der Waals surface area contributed by atoms with Crippen molar-refractivity contribution in [2.75, 3.05) is 5.32 Å². The molecule has 1 N–H and O–H groups in total. The zero-order chi connectivity index (χ0) is 12.9. The first-order valence-electron chi connectivity index (χ1n) is 5.85. The van der Waals surface area contributed by atoms with E-state index in [1.807, 2.05) is 26.2 Å². The number of hydrogen-bond acceptors (Lipinski definition) is 4. The average molecular weight is 256 g/mol. The molecule has 0 aromatic carbocycles. The summed E-state index contributed by atoms with van der Waals surface area (Å²) in [6.07, 6.45) is 2.79. The second-order valence-corrected chi connectivity index (χ2v) is 5.80. The third kappa shape index (κ3) is 5.68. The molecule has 0 aliphatic rings. The summed E-state index contributed by atoms with van der Waals surface area (Å²) in [5.41, 5.74) is -0.481. The summed E-state index contributed by atoms with van der Waals surface area (Å²) in [6.45, 7) is 7.65. The van der Waals surface area contributed by atoms with Crippen LogP contribution in [0.25, 0.3) is 0 Å². The quantitative estimate of drug-likeness (QED) is 0.890. The number of unbranched alkanes of at least 4 members (excludes halogenated alkanes) is 1. The molecule has 5 heteroatoms. The minimum atomic E-state index is -0.481. The summed E-state index contributed by atoms with van der Waals surface area (Å²) in [4.78, 5) is 15.8. The number of nitrogens with one attached hydrogen (secondary N) is 1. The Bertz CT molecular complexity index is 369. The standard InChI is InChI=1S/C12H20N2O2S/c1-5-6-7-10-13-9(8-17-10)14-11(15)16-12(2,3)4/h8H,5-7H2,1-4H3,(H,14,15). The van der Waals surface area contributed by atoms with Crippen molar-refractivity contribution in [3.8, 4) is 0 Å². The van der Waals surface area contributed by atoms with Gasteiger partial charge in [-0.2, -0.15) is 0 Å². The van der Waals surface area contributed by atoms with Crippen molar-refractivity contribution >= 4 is 23.2 Å². The average Bonchev–Trinajstić information content (AvgIpc) is 2.59. The largest absolute Gasteiger partial charge is 0.444 e. The summed E-state index contributed by atoms with van der Waals surface area (Å²) in [6, 6.07) is 0. The van der Waals surface area contributed by atoms with Crippen LogP contribution >= 0.6 is 11.3 Å². The Morgan fingerprint density at radius 1 is 1.53 bits per heavy atom. The molecule has 0 aliphatic heterocycles. The van der Waals surface area contributed by atoms with Gasteiger partial charge in [-0.1, -0.05) is 13.3 Å². The fourth-order valence-corrected chi connectivity index (χ4v) is 1.99. The molecule has 0 saturated heterocycles. The fourth-order valence-electron chi connectivity index (χ4n) is 1.22. The van der Waals surface area contributed by atoms with Crippen molar-refractivity contribution in [3.63, 3.8) is 0 Å². The molecule has 96 valence electrons. The predicted molar refractivity (Wildman–Crippen MR) is 70.6 cm³/mol. The van der Waals surface area contributed by atoms with Crippen LogP contribution in [0.15, 0.2) is 5.38 Å². The monoisotopic (exact) mass is 256 g/mol. The third-order valence-corrected chi connectivity index (χ3v) is 2.83. The third-order valence-electron chi connectivity index (χ3n) is 1.92. The molecule has 17 heavy (non-hydrogen) atoms. The van der Waals surface area contributed by atoms with E-state index in [1.165, 1.54) is 0 Å². The molecule has 0 unspecified atom stereocenters. The predicted octanol–water partition coefficient (Wildman–Crippen LogP) is 3.83. The maximum Gasteiger partial charge on any atom is 0.413 e. The number of anilines is 1. The molecule has 0 atom stereocenters. The Balaban J connectivity index is 2.46. The van der Waals surface area contributed by atoms with Gasteiger partial charge in [0.1, 0.15) is 11.4 Å². The van der Waals surface area contributed by atoms with Crippen molar-refractivity contribution in [2.24, 2.45) is 0 Å². The molecule has 1 amide bonds. The van der Waals surface area contributed by atoms with E-state index in [0.29, 0.717) is 5.82 Å². The van der Waals surface area contributed by atoms with Crippen LogP contribution < -0.4 is 5.32 Å². The van der Waals surface area contributed by atoms with Gasteiger partial charge in [-0.05, 0) is 33.6 Å². The Labute approximate surface area is 106 Å². The van der Waals surface area contributed by atoms with Crippen LogP contribution in [-0.4, -0.2) is 16.7 Å². The molecular weight excluding hydrogens is 236 g/mol. The van der Waals surface area contributed by atoms with Crippen LogP contribution in [-0.2, 0) is 11.2 Å². The van der Waals surface area contributed by atoms with Crippen LogP contribution in [0.5, 0.6) is 0 Å². The van der Waals surface area contributed by atoms with Crippen LogP contribution in [0, 0.1) is 0 Å². The Kier molecular flexibility index (Phi) is 4.93. The maximum absolute atomic E-state index is 11.5. The minimum Gasteiger partial charge on any atom is -0.444 e. The van der Waals surface area contributed by atoms with Crippen molar-refractivity contribution in [2.45, 2.75) is 52.6 Å². The highest BCUT2D eigenvalue weighted by Gasteiger charge is 2.16. The lowest BCUT2D eigenvalue weighted by molar-refractivity contribution is 0.0635. The molecule has 1 rings (SSSR count). The van der Waals surface area contributed by atoms with Crippen LogP contribution in [0.2, 0.25) is 0 Å². The lowest BCUT2D eigenvalue weighted by Gasteiger charge is -2.19. The minimum absolute atomic E-state index is 0.454. The smallest absolute Gasteiger partial charge is 0.413 e. The summed E-state index contributed by atoms with van der Waals surface area (Å²) in [5.74, 6) is 0.579. The molecule has 1 aromatic heterocycles. The van der Waals surface area contributed by atoms with Gasteiger partial charge in [0.15, 0.2) is 0 Å². The Hall–Kier alpha value is -1.10. The number of thiazole rings is 1. The highest BCUT2D eigenvalue weighted by atomic mass is 32.1. The zero-order valence-corrected chi connectivity index (χ0v) is 11.7. The number of carbonyl (C=O) groups excluding carboxylic acids is 1. The molecule has 0 radical (unpaired) electrons. The Morgan fingerprint density at radius 3 is 2.82 bits per heavy atom. The van der Waals surface area contributed by atoms with E-state index in [-0.39, 0.29) is 0 Å². The van der Waals surface area contributed by atoms with Gasteiger partial charge in [0.2, 0.25) is 0 Å². The maximum atomic E-state index is 11.5. The van der Waals surface area contributed by atoms with E-state index in [2.05, 4.69) is 17.2 Å². The first kappa shape index (κ1) is 14.0. The van der Waals surface area contributed by atoms with E-state index in [0.717, 1.165) is 24.3 Å². The van der Waals surface area contributed by atoms with Crippen LogP contribution in [0.1, 0.15) is 45.5 Å². The molecule has 1 aromatic rings. The highest BCUT2D eigenvalue weighted by Crippen LogP contribution is 2.17.